The molecular weight excluding hydrogens is 272 g/mol. The summed E-state index contributed by atoms with van der Waals surface area (Å²) in [6, 6.07) is 5.78. The lowest BCUT2D eigenvalue weighted by Gasteiger charge is -2.37. The van der Waals surface area contributed by atoms with E-state index in [1.54, 1.807) is 6.07 Å². The molecule has 4 atom stereocenters. The summed E-state index contributed by atoms with van der Waals surface area (Å²) in [4.78, 5) is 0. The first-order valence-electron chi connectivity index (χ1n) is 8.09. The van der Waals surface area contributed by atoms with Gasteiger partial charge in [-0.2, -0.15) is 0 Å². The molecule has 2 nitrogen and oxygen atoms in total. The molecule has 0 heterocycles. The quantitative estimate of drug-likeness (QED) is 0.802. The molecule has 0 aliphatic heterocycles. The first kappa shape index (κ1) is 16.9. The highest BCUT2D eigenvalue weighted by molar-refractivity contribution is 5.37. The Morgan fingerprint density at radius 2 is 2.09 bits per heavy atom. The van der Waals surface area contributed by atoms with Crippen molar-refractivity contribution in [2.75, 3.05) is 0 Å². The van der Waals surface area contributed by atoms with Crippen LogP contribution in [0, 0.1) is 24.2 Å². The lowest BCUT2D eigenvalue weighted by molar-refractivity contribution is 0.0306. The molecule has 2 aliphatic rings. The van der Waals surface area contributed by atoms with Crippen LogP contribution in [0.2, 0.25) is 0 Å². The Labute approximate surface area is 134 Å². The van der Waals surface area contributed by atoms with Crippen LogP contribution in [-0.4, -0.2) is 15.8 Å². The normalized spacial score (nSPS) is 33.6. The molecule has 2 fully saturated rings. The van der Waals surface area contributed by atoms with E-state index in [2.05, 4.69) is 18.9 Å². The summed E-state index contributed by atoms with van der Waals surface area (Å²) in [5.41, 5.74) is 1.77. The van der Waals surface area contributed by atoms with Crippen LogP contribution in [0.25, 0.3) is 0 Å². The number of aromatic hydroxyl groups is 1. The molecule has 120 valence electrons. The van der Waals surface area contributed by atoms with Crippen LogP contribution in [0.3, 0.4) is 0 Å². The fourth-order valence-electron chi connectivity index (χ4n) is 4.56. The second-order valence-electron chi connectivity index (χ2n) is 6.72. The summed E-state index contributed by atoms with van der Waals surface area (Å²) in [5, 5.41) is 20.2. The summed E-state index contributed by atoms with van der Waals surface area (Å²) >= 11 is 0. The molecule has 3 rings (SSSR count). The molecule has 2 saturated carbocycles. The van der Waals surface area contributed by atoms with Crippen molar-refractivity contribution in [3.8, 4) is 18.1 Å². The van der Waals surface area contributed by atoms with Gasteiger partial charge in [-0.15, -0.1) is 6.42 Å². The third-order valence-corrected chi connectivity index (χ3v) is 5.69. The molecule has 0 bridgehead atoms. The van der Waals surface area contributed by atoms with Crippen molar-refractivity contribution in [2.24, 2.45) is 11.8 Å². The van der Waals surface area contributed by atoms with Crippen molar-refractivity contribution in [1.29, 1.82) is 0 Å². The molecule has 4 unspecified atom stereocenters. The SMILES string of the molecule is C.C#CC1(O)CCC2CC(c3ccc(O)cc3CC)CCC21. The van der Waals surface area contributed by atoms with Crippen LogP contribution < -0.4 is 0 Å². The minimum Gasteiger partial charge on any atom is -0.508 e. The fraction of sp³-hybridized carbons (Fsp3) is 0.600. The van der Waals surface area contributed by atoms with Gasteiger partial charge in [0.05, 0.1) is 0 Å². The smallest absolute Gasteiger partial charge is 0.128 e. The van der Waals surface area contributed by atoms with Crippen LogP contribution in [0.5, 0.6) is 5.75 Å². The number of aliphatic hydroxyl groups is 1. The Hall–Kier alpha value is -1.46. The Morgan fingerprint density at radius 1 is 1.32 bits per heavy atom. The zero-order valence-electron chi connectivity index (χ0n) is 12.7. The largest absolute Gasteiger partial charge is 0.508 e. The molecule has 22 heavy (non-hydrogen) atoms. The Kier molecular flexibility index (Phi) is 4.87. The maximum absolute atomic E-state index is 10.5. The van der Waals surface area contributed by atoms with Crippen molar-refractivity contribution in [2.45, 2.75) is 64.4 Å². The van der Waals surface area contributed by atoms with Gasteiger partial charge in [0.1, 0.15) is 11.4 Å². The first-order valence-corrected chi connectivity index (χ1v) is 8.09. The first-order chi connectivity index (χ1) is 10.1. The van der Waals surface area contributed by atoms with Crippen molar-refractivity contribution >= 4 is 0 Å². The Morgan fingerprint density at radius 3 is 2.77 bits per heavy atom. The second-order valence-corrected chi connectivity index (χ2v) is 6.72. The molecule has 0 amide bonds. The zero-order valence-corrected chi connectivity index (χ0v) is 12.7. The van der Waals surface area contributed by atoms with E-state index in [4.69, 9.17) is 6.42 Å². The lowest BCUT2D eigenvalue weighted by Crippen LogP contribution is -2.36. The monoisotopic (exact) mass is 300 g/mol. The topological polar surface area (TPSA) is 40.5 Å². The van der Waals surface area contributed by atoms with Crippen LogP contribution in [-0.2, 0) is 6.42 Å². The van der Waals surface area contributed by atoms with Crippen molar-refractivity contribution in [1.82, 2.24) is 0 Å². The van der Waals surface area contributed by atoms with Gasteiger partial charge >= 0.3 is 0 Å². The van der Waals surface area contributed by atoms with Gasteiger partial charge in [-0.05, 0) is 73.6 Å². The minimum absolute atomic E-state index is 0. The molecule has 2 aliphatic carbocycles. The maximum atomic E-state index is 10.5. The number of benzene rings is 1. The van der Waals surface area contributed by atoms with Gasteiger partial charge < -0.3 is 10.2 Å². The molecule has 2 N–H and O–H groups in total. The van der Waals surface area contributed by atoms with Crippen molar-refractivity contribution in [3.05, 3.63) is 29.3 Å². The number of phenolic OH excluding ortho intramolecular Hbond substituents is 1. The van der Waals surface area contributed by atoms with E-state index < -0.39 is 5.60 Å². The van der Waals surface area contributed by atoms with E-state index in [9.17, 15) is 10.2 Å². The zero-order chi connectivity index (χ0) is 15.0. The van der Waals surface area contributed by atoms with E-state index >= 15 is 0 Å². The standard InChI is InChI=1S/C19H24O2.CH4/c1-3-13-12-16(20)6-7-17(13)14-5-8-18-15(11-14)9-10-19(18,21)4-2;/h2,6-7,12,14-15,18,20-21H,3,5,8-11H2,1H3;1H4. The van der Waals surface area contributed by atoms with Crippen molar-refractivity contribution < 1.29 is 10.2 Å². The predicted molar refractivity (Wildman–Crippen MR) is 90.8 cm³/mol. The summed E-state index contributed by atoms with van der Waals surface area (Å²) in [7, 11) is 0. The fourth-order valence-corrected chi connectivity index (χ4v) is 4.56. The third kappa shape index (κ3) is 2.75. The molecule has 1 aromatic carbocycles. The van der Waals surface area contributed by atoms with E-state index in [1.807, 2.05) is 6.07 Å². The molecule has 2 heteroatoms. The predicted octanol–water partition coefficient (Wildman–Crippen LogP) is 4.25. The van der Waals surface area contributed by atoms with Crippen LogP contribution in [0.15, 0.2) is 18.2 Å². The highest BCUT2D eigenvalue weighted by Gasteiger charge is 2.48. The van der Waals surface area contributed by atoms with E-state index in [1.165, 1.54) is 11.1 Å². The molecule has 0 aromatic heterocycles. The highest BCUT2D eigenvalue weighted by Crippen LogP contribution is 2.52. The number of hydrogen-bond acceptors (Lipinski definition) is 2. The Bertz CT molecular complexity index is 572. The van der Waals surface area contributed by atoms with Crippen LogP contribution in [0.1, 0.15) is 63.5 Å². The Balaban J connectivity index is 0.00000176. The maximum Gasteiger partial charge on any atom is 0.128 e. The van der Waals surface area contributed by atoms with Gasteiger partial charge in [0.25, 0.3) is 0 Å². The van der Waals surface area contributed by atoms with E-state index in [0.29, 0.717) is 17.6 Å². The molecule has 0 saturated heterocycles. The molecular formula is C20H28O2. The van der Waals surface area contributed by atoms with Gasteiger partial charge in [0.2, 0.25) is 0 Å². The highest BCUT2D eigenvalue weighted by atomic mass is 16.3. The summed E-state index contributed by atoms with van der Waals surface area (Å²) in [6.45, 7) is 2.14. The molecule has 0 radical (unpaired) electrons. The number of phenols is 1. The average molecular weight is 300 g/mol. The van der Waals surface area contributed by atoms with Gasteiger partial charge in [0, 0.05) is 5.92 Å². The van der Waals surface area contributed by atoms with Gasteiger partial charge in [-0.1, -0.05) is 26.3 Å². The lowest BCUT2D eigenvalue weighted by atomic mass is 9.69. The summed E-state index contributed by atoms with van der Waals surface area (Å²) in [6.07, 6.45) is 11.5. The number of hydrogen-bond donors (Lipinski definition) is 2. The molecule has 0 spiro atoms. The number of aryl methyl sites for hydroxylation is 1. The average Bonchev–Trinajstić information content (AvgIpc) is 2.84. The van der Waals surface area contributed by atoms with E-state index in [-0.39, 0.29) is 13.3 Å². The number of rotatable bonds is 2. The molecule has 1 aromatic rings. The summed E-state index contributed by atoms with van der Waals surface area (Å²) in [5.74, 6) is 4.37. The number of fused-ring (bicyclic) bond motifs is 1. The van der Waals surface area contributed by atoms with Gasteiger partial charge in [-0.3, -0.25) is 0 Å². The van der Waals surface area contributed by atoms with Crippen LogP contribution in [0.4, 0.5) is 0 Å². The van der Waals surface area contributed by atoms with Gasteiger partial charge in [-0.25, -0.2) is 0 Å². The number of terminal acetylenes is 1. The van der Waals surface area contributed by atoms with Crippen LogP contribution >= 0.6 is 0 Å². The van der Waals surface area contributed by atoms with Gasteiger partial charge in [0.15, 0.2) is 0 Å². The third-order valence-electron chi connectivity index (χ3n) is 5.69. The second kappa shape index (κ2) is 6.34. The van der Waals surface area contributed by atoms with Crippen molar-refractivity contribution in [3.63, 3.8) is 0 Å². The summed E-state index contributed by atoms with van der Waals surface area (Å²) < 4.78 is 0. The van der Waals surface area contributed by atoms with E-state index in [0.717, 1.165) is 38.5 Å². The minimum atomic E-state index is -0.863.